The van der Waals surface area contributed by atoms with Crippen LogP contribution in [-0.2, 0) is 0 Å². The zero-order chi connectivity index (χ0) is 22.1. The van der Waals surface area contributed by atoms with Crippen LogP contribution in [0.1, 0.15) is 26.7 Å². The Kier molecular flexibility index (Phi) is 8.52. The first-order valence-electron chi connectivity index (χ1n) is 9.76. The van der Waals surface area contributed by atoms with Crippen molar-refractivity contribution in [2.75, 3.05) is 25.2 Å². The van der Waals surface area contributed by atoms with Crippen LogP contribution in [0.25, 0.3) is 11.0 Å². The number of alkyl halides is 1. The number of anilines is 1. The highest BCUT2D eigenvalue weighted by Gasteiger charge is 2.23. The Labute approximate surface area is 172 Å². The molecule has 0 bridgehead atoms. The van der Waals surface area contributed by atoms with Crippen molar-refractivity contribution in [2.24, 2.45) is 0 Å². The Hall–Kier alpha value is -3.23. The molecule has 1 aromatic carbocycles. The third-order valence-electron chi connectivity index (χ3n) is 4.44. The van der Waals surface area contributed by atoms with E-state index < -0.39 is 0 Å². The van der Waals surface area contributed by atoms with Crippen LogP contribution in [-0.4, -0.2) is 41.3 Å². The number of ether oxygens (including phenoxy) is 1. The predicted molar refractivity (Wildman–Crippen MR) is 114 cm³/mol. The molecule has 1 saturated heterocycles. The highest BCUT2D eigenvalue weighted by Crippen LogP contribution is 2.21. The van der Waals surface area contributed by atoms with Crippen LogP contribution in [0.5, 0.6) is 5.75 Å². The number of halogens is 2. The Morgan fingerprint density at radius 3 is 2.37 bits per heavy atom. The van der Waals surface area contributed by atoms with Crippen molar-refractivity contribution in [1.82, 2.24) is 15.0 Å². The fourth-order valence-corrected chi connectivity index (χ4v) is 3.11. The van der Waals surface area contributed by atoms with Crippen LogP contribution in [0.4, 0.5) is 14.6 Å². The first kappa shape index (κ1) is 23.1. The van der Waals surface area contributed by atoms with E-state index in [2.05, 4.69) is 15.0 Å². The van der Waals surface area contributed by atoms with Gasteiger partial charge in [-0.3, -0.25) is 14.0 Å². The Bertz CT molecular complexity index is 1040. The van der Waals surface area contributed by atoms with Crippen molar-refractivity contribution in [3.63, 3.8) is 0 Å². The van der Waals surface area contributed by atoms with E-state index in [0.29, 0.717) is 42.9 Å². The molecule has 2 aromatic heterocycles. The largest absolute Gasteiger partial charge is 0.490 e. The van der Waals surface area contributed by atoms with E-state index in [4.69, 9.17) is 4.74 Å². The summed E-state index contributed by atoms with van der Waals surface area (Å²) in [5, 5.41) is 0. The second kappa shape index (κ2) is 11.1. The fourth-order valence-electron chi connectivity index (χ4n) is 3.11. The minimum atomic E-state index is -0.319. The minimum Gasteiger partial charge on any atom is -0.490 e. The monoisotopic (exact) mass is 420 g/mol. The molecule has 7 nitrogen and oxygen atoms in total. The topological polar surface area (TPSA) is 91.1 Å². The molecular formula is C21H26F2N4O3. The second-order valence-electron chi connectivity index (χ2n) is 6.24. The summed E-state index contributed by atoms with van der Waals surface area (Å²) in [6.07, 6.45) is 2.94. The molecule has 3 aromatic rings. The quantitative estimate of drug-likeness (QED) is 0.678. The van der Waals surface area contributed by atoms with Gasteiger partial charge in [0.15, 0.2) is 5.82 Å². The molecule has 9 heteroatoms. The molecule has 2 N–H and O–H groups in total. The van der Waals surface area contributed by atoms with E-state index in [9.17, 15) is 18.4 Å². The van der Waals surface area contributed by atoms with Gasteiger partial charge < -0.3 is 19.6 Å². The zero-order valence-corrected chi connectivity index (χ0v) is 17.2. The molecule has 0 radical (unpaired) electrons. The highest BCUT2D eigenvalue weighted by atomic mass is 19.1. The third kappa shape index (κ3) is 5.65. The number of pyridine rings is 1. The van der Waals surface area contributed by atoms with Gasteiger partial charge in [-0.25, -0.2) is 9.37 Å². The smallest absolute Gasteiger partial charge is 0.291 e. The van der Waals surface area contributed by atoms with E-state index in [0.717, 1.165) is 12.8 Å². The Morgan fingerprint density at radius 2 is 1.73 bits per heavy atom. The van der Waals surface area contributed by atoms with Gasteiger partial charge in [0.05, 0.1) is 12.7 Å². The molecule has 0 aliphatic carbocycles. The van der Waals surface area contributed by atoms with Gasteiger partial charge >= 0.3 is 0 Å². The van der Waals surface area contributed by atoms with Crippen molar-refractivity contribution in [1.29, 1.82) is 0 Å². The Morgan fingerprint density at radius 1 is 1.10 bits per heavy atom. The summed E-state index contributed by atoms with van der Waals surface area (Å²) >= 11 is 0. The number of hydrogen-bond acceptors (Lipinski definition) is 5. The number of nitrogens with one attached hydrogen (secondary N) is 2. The predicted octanol–water partition coefficient (Wildman–Crippen LogP) is 3.41. The molecule has 0 spiro atoms. The van der Waals surface area contributed by atoms with Gasteiger partial charge in [0.2, 0.25) is 5.56 Å². The molecule has 4 rings (SSSR count). The summed E-state index contributed by atoms with van der Waals surface area (Å²) < 4.78 is 28.3. The number of nitrogens with zero attached hydrogens (tertiary/aromatic N) is 2. The van der Waals surface area contributed by atoms with Gasteiger partial charge in [-0.05, 0) is 24.3 Å². The number of aromatic amines is 2. The highest BCUT2D eigenvalue weighted by molar-refractivity contribution is 5.74. The van der Waals surface area contributed by atoms with Gasteiger partial charge in [-0.1, -0.05) is 13.8 Å². The van der Waals surface area contributed by atoms with Crippen molar-refractivity contribution in [3.05, 3.63) is 63.1 Å². The van der Waals surface area contributed by atoms with E-state index >= 15 is 0 Å². The molecule has 1 aliphatic heterocycles. The van der Waals surface area contributed by atoms with Gasteiger partial charge in [0.25, 0.3) is 5.56 Å². The molecule has 1 fully saturated rings. The first-order chi connectivity index (χ1) is 14.6. The van der Waals surface area contributed by atoms with Gasteiger partial charge in [0.1, 0.15) is 23.2 Å². The molecule has 30 heavy (non-hydrogen) atoms. The maximum Gasteiger partial charge on any atom is 0.291 e. The Balaban J connectivity index is 0.000000757. The van der Waals surface area contributed by atoms with Crippen LogP contribution in [0, 0.1) is 5.82 Å². The summed E-state index contributed by atoms with van der Waals surface area (Å²) in [5.41, 5.74) is 0.336. The number of H-pyrrole nitrogens is 2. The lowest BCUT2D eigenvalue weighted by Crippen LogP contribution is -2.41. The molecule has 3 heterocycles. The van der Waals surface area contributed by atoms with E-state index in [1.165, 1.54) is 24.4 Å². The van der Waals surface area contributed by atoms with Crippen LogP contribution in [0.3, 0.4) is 0 Å². The average Bonchev–Trinajstić information content (AvgIpc) is 2.78. The lowest BCUT2D eigenvalue weighted by Gasteiger charge is -2.32. The normalized spacial score (nSPS) is 13.7. The lowest BCUT2D eigenvalue weighted by molar-refractivity contribution is 0.170. The van der Waals surface area contributed by atoms with E-state index in [1.807, 2.05) is 18.7 Å². The summed E-state index contributed by atoms with van der Waals surface area (Å²) in [6.45, 7) is 5.24. The molecular weight excluding hydrogens is 394 g/mol. The summed E-state index contributed by atoms with van der Waals surface area (Å²) in [7, 11) is 0.500. The zero-order valence-electron chi connectivity index (χ0n) is 17.2. The maximum absolute atomic E-state index is 13.0. The van der Waals surface area contributed by atoms with E-state index in [1.54, 1.807) is 12.1 Å². The number of rotatable bonds is 3. The second-order valence-corrected chi connectivity index (χ2v) is 6.24. The number of hydrogen-bond donors (Lipinski definition) is 2. The van der Waals surface area contributed by atoms with Crippen LogP contribution >= 0.6 is 0 Å². The van der Waals surface area contributed by atoms with Crippen molar-refractivity contribution >= 4 is 16.9 Å². The maximum atomic E-state index is 13.0. The van der Waals surface area contributed by atoms with Crippen LogP contribution < -0.4 is 20.8 Å². The van der Waals surface area contributed by atoms with E-state index in [-0.39, 0.29) is 23.0 Å². The molecule has 1 aliphatic rings. The fraction of sp³-hybridized carbons (Fsp3) is 0.381. The molecule has 0 unspecified atom stereocenters. The minimum absolute atomic E-state index is 0.00704. The van der Waals surface area contributed by atoms with Crippen LogP contribution in [0.2, 0.25) is 0 Å². The van der Waals surface area contributed by atoms with Crippen LogP contribution in [0.15, 0.2) is 46.1 Å². The van der Waals surface area contributed by atoms with Gasteiger partial charge in [0, 0.05) is 38.2 Å². The molecule has 0 atom stereocenters. The van der Waals surface area contributed by atoms with Gasteiger partial charge in [-0.15, -0.1) is 0 Å². The first-order valence-corrected chi connectivity index (χ1v) is 9.76. The molecule has 0 saturated carbocycles. The molecule has 0 amide bonds. The van der Waals surface area contributed by atoms with Crippen molar-refractivity contribution < 1.29 is 13.5 Å². The average molecular weight is 420 g/mol. The SMILES string of the molecule is CC.CF.O=c1cc2[nH]c(=O)c(N3CCC(Oc4ccc(F)cc4)CC3)nc2c[nH]1. The number of piperidine rings is 1. The number of fused-ring (bicyclic) bond motifs is 1. The van der Waals surface area contributed by atoms with Crippen molar-refractivity contribution in [2.45, 2.75) is 32.8 Å². The summed E-state index contributed by atoms with van der Waals surface area (Å²) in [5.74, 6) is 0.676. The summed E-state index contributed by atoms with van der Waals surface area (Å²) in [6, 6.07) is 7.27. The lowest BCUT2D eigenvalue weighted by atomic mass is 10.1. The standard InChI is InChI=1S/C18H17FN4O3.C2H6.CH3F/c19-11-1-3-12(4-2-11)26-13-5-7-23(8-6-13)17-18(25)22-14-9-16(24)20-10-15(14)21-17;2*1-2/h1-4,9-10,13H,5-8H2,(H,20,24)(H,22,25);1-2H3;1H3. The number of aromatic nitrogens is 3. The third-order valence-corrected chi connectivity index (χ3v) is 4.44. The summed E-state index contributed by atoms with van der Waals surface area (Å²) in [4.78, 5) is 35.2. The molecule has 162 valence electrons. The van der Waals surface area contributed by atoms with Crippen molar-refractivity contribution in [3.8, 4) is 5.75 Å². The van der Waals surface area contributed by atoms with Gasteiger partial charge in [-0.2, -0.15) is 0 Å². The number of benzene rings is 1.